The molecule has 3 saturated carbocycles. The quantitative estimate of drug-likeness (QED) is 0.0425. The predicted octanol–water partition coefficient (Wildman–Crippen LogP) is -5.28. The van der Waals surface area contributed by atoms with Crippen molar-refractivity contribution < 1.29 is 159 Å². The molecular formula is C67H114O32. The highest BCUT2D eigenvalue weighted by Gasteiger charge is 2.68. The Morgan fingerprint density at radius 2 is 0.899 bits per heavy atom. The number of hydrogen-bond acceptors (Lipinski definition) is 32. The Labute approximate surface area is 575 Å². The highest BCUT2D eigenvalue weighted by molar-refractivity contribution is 5.30. The van der Waals surface area contributed by atoms with Crippen molar-refractivity contribution in [2.45, 2.75) is 316 Å². The summed E-state index contributed by atoms with van der Waals surface area (Å²) >= 11 is 0. The lowest BCUT2D eigenvalue weighted by Gasteiger charge is -2.66. The van der Waals surface area contributed by atoms with Crippen molar-refractivity contribution >= 4 is 0 Å². The van der Waals surface area contributed by atoms with Gasteiger partial charge in [-0.15, -0.1) is 0 Å². The predicted molar refractivity (Wildman–Crippen MR) is 335 cm³/mol. The van der Waals surface area contributed by atoms with E-state index in [0.29, 0.717) is 19.3 Å². The molecule has 32 heteroatoms. The van der Waals surface area contributed by atoms with E-state index < -0.39 is 247 Å². The molecule has 0 bridgehead atoms. The van der Waals surface area contributed by atoms with Gasteiger partial charge in [0.05, 0.1) is 63.6 Å². The summed E-state index contributed by atoms with van der Waals surface area (Å²) in [7, 11) is 0. The molecule has 0 spiro atoms. The molecule has 6 aliphatic heterocycles. The van der Waals surface area contributed by atoms with Crippen molar-refractivity contribution in [3.63, 3.8) is 0 Å². The van der Waals surface area contributed by atoms with E-state index in [4.69, 9.17) is 56.8 Å². The average molecular weight is 1430 g/mol. The highest BCUT2D eigenvalue weighted by atomic mass is 16.8. The van der Waals surface area contributed by atoms with Crippen LogP contribution in [0, 0.1) is 51.2 Å². The standard InChI is InChI=1S/C67H114O32/c1-26(10-14-39(64(5,6)87)97-62-56(99-60-54(86)49(81)44(76)34(23-71)93-60)51(83)45(77)35(95-62)24-88-57-41(73)27(2)40(72)31(20-68)90-57)28-16-17-67(9)37-13-11-29-30(65(37,7)18-19-66(28,67)8)12-15-38(63(29,3)4)96-61-55(98-59-53(85)48(80)43(75)33(22-70)92-59)50(82)46(78)36(94-61)25-89-58-52(84)47(79)42(74)32(21-69)91-58/h11,26-28,30-62,68-87H,10,12-25H2,1-9H3/t26-,27+,28?,30?,31-,32-,33+,34+,35-,36-,37?,38+,39-,40+,41-,42-,43+,44+,45-,46-,47+,48-,49-,50+,51+,52-,53+,54+,55-,56-,57-,58-,59-,60-,61+,62+,65+,66-,67+/m1/s1. The summed E-state index contributed by atoms with van der Waals surface area (Å²) in [4.78, 5) is 0. The SMILES string of the molecule is C[C@@H]1[C@@H](O)[C@H](OC[C@H]2O[C@@H](O[C@H](CC[C@@H](C)C3CC[C@@]4(C)C5CC=C6C(CC[C@H](O[C@@H]7O[C@H](CO[C@@H]8O[C@H](CO)[C@@H](O)[C@H](O)[C@H]8O)[C@@H](O)[C@H](O)[C@H]7O[C@H]7O[C@@H](CO)[C@H](O)[C@@H](O)[C@@H]7O)C6(C)C)[C@]5(C)CC[C@]34C)C(C)(C)O)[C@H](O[C@H]3O[C@@H](CO)[C@H](O)[C@@H](O)[C@@H]3O)[C@@H](O)[C@@H]2O)O[C@H](CO)[C@H]1O. The van der Waals surface area contributed by atoms with Gasteiger partial charge in [-0.1, -0.05) is 60.1 Å². The van der Waals surface area contributed by atoms with Crippen LogP contribution in [0.5, 0.6) is 0 Å². The summed E-state index contributed by atoms with van der Waals surface area (Å²) in [6.45, 7) is 14.1. The number of fused-ring (bicyclic) bond motifs is 5. The summed E-state index contributed by atoms with van der Waals surface area (Å²) in [5.41, 5.74) is -1.66. The number of ether oxygens (including phenoxy) is 12. The minimum absolute atomic E-state index is 0.0532. The van der Waals surface area contributed by atoms with Crippen molar-refractivity contribution in [3.8, 4) is 0 Å². The molecule has 0 aromatic carbocycles. The highest BCUT2D eigenvalue weighted by Crippen LogP contribution is 2.75. The van der Waals surface area contributed by atoms with Gasteiger partial charge < -0.3 is 159 Å². The summed E-state index contributed by atoms with van der Waals surface area (Å²) in [5, 5.41) is 216. The third-order valence-electron chi connectivity index (χ3n) is 25.3. The molecule has 9 fully saturated rings. The van der Waals surface area contributed by atoms with Crippen LogP contribution in [0.3, 0.4) is 0 Å². The minimum atomic E-state index is -1.93. The molecule has 0 radical (unpaired) electrons. The molecule has 6 saturated heterocycles. The maximum atomic E-state index is 11.9. The third kappa shape index (κ3) is 15.0. The monoisotopic (exact) mass is 1430 g/mol. The fourth-order valence-corrected chi connectivity index (χ4v) is 18.6. The van der Waals surface area contributed by atoms with Crippen LogP contribution in [0.1, 0.15) is 120 Å². The molecule has 0 aromatic rings. The van der Waals surface area contributed by atoms with Gasteiger partial charge in [-0.05, 0) is 112 Å². The second-order valence-electron chi connectivity index (χ2n) is 31.8. The van der Waals surface area contributed by atoms with Gasteiger partial charge >= 0.3 is 0 Å². The van der Waals surface area contributed by atoms with E-state index in [1.54, 1.807) is 13.8 Å². The van der Waals surface area contributed by atoms with Gasteiger partial charge in [0.2, 0.25) is 0 Å². The van der Waals surface area contributed by atoms with E-state index in [2.05, 4.69) is 47.6 Å². The van der Waals surface area contributed by atoms with Crippen LogP contribution in [0.4, 0.5) is 0 Å². The van der Waals surface area contributed by atoms with Crippen LogP contribution in [0.25, 0.3) is 0 Å². The van der Waals surface area contributed by atoms with E-state index in [1.165, 1.54) is 12.5 Å². The second kappa shape index (κ2) is 31.3. The van der Waals surface area contributed by atoms with E-state index in [-0.39, 0.29) is 46.3 Å². The van der Waals surface area contributed by atoms with Crippen LogP contribution in [-0.2, 0) is 56.8 Å². The lowest BCUT2D eigenvalue weighted by Crippen LogP contribution is -2.66. The van der Waals surface area contributed by atoms with Crippen LogP contribution in [0.2, 0.25) is 0 Å². The van der Waals surface area contributed by atoms with E-state index in [1.807, 2.05) is 0 Å². The zero-order chi connectivity index (χ0) is 72.7. The van der Waals surface area contributed by atoms with Crippen LogP contribution in [0.15, 0.2) is 11.6 Å². The molecule has 20 N–H and O–H groups in total. The third-order valence-corrected chi connectivity index (χ3v) is 25.3. The maximum absolute atomic E-state index is 11.9. The van der Waals surface area contributed by atoms with Gasteiger partial charge in [0.25, 0.3) is 0 Å². The summed E-state index contributed by atoms with van der Waals surface area (Å²) in [6.07, 6.45) is -40.9. The molecule has 10 aliphatic rings. The average Bonchev–Trinajstić information content (AvgIpc) is 1.66. The topological polar surface area (TPSA) is 515 Å². The number of hydrogen-bond donors (Lipinski definition) is 20. The number of allylic oxidation sites excluding steroid dienone is 1. The van der Waals surface area contributed by atoms with E-state index in [9.17, 15) is 102 Å². The Hall–Kier alpha value is -1.54. The van der Waals surface area contributed by atoms with Crippen molar-refractivity contribution in [3.05, 3.63) is 11.6 Å². The summed E-state index contributed by atoms with van der Waals surface area (Å²) < 4.78 is 72.7. The fraction of sp³-hybridized carbons (Fsp3) is 0.970. The molecule has 3 unspecified atom stereocenters. The zero-order valence-electron chi connectivity index (χ0n) is 57.8. The van der Waals surface area contributed by atoms with Gasteiger partial charge in [-0.3, -0.25) is 0 Å². The maximum Gasteiger partial charge on any atom is 0.187 e. The van der Waals surface area contributed by atoms with Crippen LogP contribution < -0.4 is 0 Å². The number of rotatable bonds is 23. The summed E-state index contributed by atoms with van der Waals surface area (Å²) in [5.74, 6) is -0.225. The normalized spacial score (nSPS) is 51.7. The first-order valence-electron chi connectivity index (χ1n) is 35.3. The van der Waals surface area contributed by atoms with Crippen molar-refractivity contribution in [2.75, 3.05) is 39.6 Å². The Balaban J connectivity index is 0.842. The van der Waals surface area contributed by atoms with E-state index >= 15 is 0 Å². The van der Waals surface area contributed by atoms with Crippen LogP contribution >= 0.6 is 0 Å². The van der Waals surface area contributed by atoms with Crippen molar-refractivity contribution in [1.29, 1.82) is 0 Å². The first-order chi connectivity index (χ1) is 46.4. The second-order valence-corrected chi connectivity index (χ2v) is 31.8. The largest absolute Gasteiger partial charge is 0.394 e. The van der Waals surface area contributed by atoms with Gasteiger partial charge in [-0.2, -0.15) is 0 Å². The van der Waals surface area contributed by atoms with Gasteiger partial charge in [0, 0.05) is 11.3 Å². The lowest BCUT2D eigenvalue weighted by molar-refractivity contribution is -0.380. The smallest absolute Gasteiger partial charge is 0.187 e. The Bertz CT molecular complexity index is 2630. The summed E-state index contributed by atoms with van der Waals surface area (Å²) in [6, 6.07) is 0. The molecule has 0 amide bonds. The molecule has 574 valence electrons. The minimum Gasteiger partial charge on any atom is -0.394 e. The van der Waals surface area contributed by atoms with Gasteiger partial charge in [0.15, 0.2) is 37.7 Å². The number of aliphatic hydroxyl groups is 20. The molecule has 4 aliphatic carbocycles. The van der Waals surface area contributed by atoms with Crippen LogP contribution in [-0.4, -0.2) is 338 Å². The molecule has 0 aromatic heterocycles. The van der Waals surface area contributed by atoms with Gasteiger partial charge in [0.1, 0.15) is 134 Å². The van der Waals surface area contributed by atoms with Gasteiger partial charge in [-0.25, -0.2) is 0 Å². The fourth-order valence-electron chi connectivity index (χ4n) is 18.6. The first-order valence-corrected chi connectivity index (χ1v) is 35.3. The molecule has 99 heavy (non-hydrogen) atoms. The first kappa shape index (κ1) is 80.0. The molecule has 6 heterocycles. The zero-order valence-corrected chi connectivity index (χ0v) is 57.8. The van der Waals surface area contributed by atoms with Crippen molar-refractivity contribution in [2.24, 2.45) is 51.2 Å². The van der Waals surface area contributed by atoms with Crippen molar-refractivity contribution in [1.82, 2.24) is 0 Å². The Morgan fingerprint density at radius 3 is 1.39 bits per heavy atom. The molecule has 10 rings (SSSR count). The Morgan fingerprint density at radius 1 is 0.465 bits per heavy atom. The Kier molecular flexibility index (Phi) is 25.3. The molecule has 32 nitrogen and oxygen atoms in total. The van der Waals surface area contributed by atoms with E-state index in [0.717, 1.165) is 32.1 Å². The molecule has 39 atom stereocenters. The number of aliphatic hydroxyl groups excluding tert-OH is 19. The molecular weight excluding hydrogens is 1320 g/mol. The lowest BCUT2D eigenvalue weighted by atomic mass is 9.39.